The summed E-state index contributed by atoms with van der Waals surface area (Å²) in [5.74, 6) is -0.431. The molecule has 0 bridgehead atoms. The molecule has 1 heterocycles. The second-order valence-electron chi connectivity index (χ2n) is 8.35. The van der Waals surface area contributed by atoms with Crippen molar-refractivity contribution in [3.05, 3.63) is 80.3 Å². The Morgan fingerprint density at radius 2 is 1.93 bits per heavy atom. The third kappa shape index (κ3) is 3.85. The number of hydrogen-bond acceptors (Lipinski definition) is 2. The lowest BCUT2D eigenvalue weighted by Gasteiger charge is -2.33. The van der Waals surface area contributed by atoms with Gasteiger partial charge in [0.05, 0.1) is 23.2 Å². The molecular weight excluding hydrogens is 377 g/mol. The van der Waals surface area contributed by atoms with E-state index in [0.29, 0.717) is 22.9 Å². The van der Waals surface area contributed by atoms with Crippen LogP contribution in [0.4, 0.5) is 4.39 Å². The van der Waals surface area contributed by atoms with Crippen molar-refractivity contribution in [1.82, 2.24) is 4.57 Å². The minimum atomic E-state index is -0.431. The number of pyridine rings is 1. The van der Waals surface area contributed by atoms with Gasteiger partial charge in [-0.3, -0.25) is 4.79 Å². The van der Waals surface area contributed by atoms with Crippen LogP contribution >= 0.6 is 11.6 Å². The Labute approximate surface area is 169 Å². The first kappa shape index (κ1) is 20.6. The van der Waals surface area contributed by atoms with Gasteiger partial charge < -0.3 is 9.67 Å². The number of nitrogens with zero attached hydrogens (tertiary/aromatic N) is 1. The zero-order chi connectivity index (χ0) is 20.6. The predicted molar refractivity (Wildman–Crippen MR) is 113 cm³/mol. The molecule has 3 rings (SSSR count). The highest BCUT2D eigenvalue weighted by Gasteiger charge is 2.26. The van der Waals surface area contributed by atoms with Gasteiger partial charge in [0, 0.05) is 23.6 Å². The van der Waals surface area contributed by atoms with E-state index in [2.05, 4.69) is 20.8 Å². The molecule has 1 N–H and O–H groups in total. The number of halogens is 2. The number of aliphatic hydroxyl groups is 1. The predicted octanol–water partition coefficient (Wildman–Crippen LogP) is 5.27. The molecule has 1 atom stereocenters. The van der Waals surface area contributed by atoms with Gasteiger partial charge in [0.1, 0.15) is 5.82 Å². The molecule has 0 amide bonds. The fourth-order valence-electron chi connectivity index (χ4n) is 3.59. The number of fused-ring (bicyclic) bond motifs is 1. The van der Waals surface area contributed by atoms with Crippen LogP contribution in [-0.2, 0) is 6.42 Å². The maximum atomic E-state index is 14.3. The van der Waals surface area contributed by atoms with Gasteiger partial charge in [0.2, 0.25) is 0 Å². The normalized spacial score (nSPS) is 13.1. The second kappa shape index (κ2) is 7.69. The Hall–Kier alpha value is -2.17. The summed E-state index contributed by atoms with van der Waals surface area (Å²) in [7, 11) is 0. The Morgan fingerprint density at radius 3 is 2.57 bits per heavy atom. The topological polar surface area (TPSA) is 42.2 Å². The number of hydrogen-bond donors (Lipinski definition) is 1. The van der Waals surface area contributed by atoms with E-state index in [4.69, 9.17) is 11.6 Å². The zero-order valence-corrected chi connectivity index (χ0v) is 17.3. The Bertz CT molecular complexity index is 1080. The molecule has 5 heteroatoms. The molecule has 2 aromatic carbocycles. The first-order valence-corrected chi connectivity index (χ1v) is 9.69. The third-order valence-corrected chi connectivity index (χ3v) is 5.50. The number of aromatic nitrogens is 1. The molecule has 1 aromatic heterocycles. The molecule has 3 aromatic rings. The second-order valence-corrected chi connectivity index (χ2v) is 8.76. The van der Waals surface area contributed by atoms with E-state index in [1.165, 1.54) is 6.07 Å². The van der Waals surface area contributed by atoms with Crippen molar-refractivity contribution < 1.29 is 9.50 Å². The van der Waals surface area contributed by atoms with Crippen LogP contribution in [0.3, 0.4) is 0 Å². The van der Waals surface area contributed by atoms with E-state index < -0.39 is 5.82 Å². The highest BCUT2D eigenvalue weighted by Crippen LogP contribution is 2.32. The largest absolute Gasteiger partial charge is 0.394 e. The van der Waals surface area contributed by atoms with Crippen molar-refractivity contribution in [3.8, 4) is 0 Å². The maximum Gasteiger partial charge on any atom is 0.192 e. The summed E-state index contributed by atoms with van der Waals surface area (Å²) in [4.78, 5) is 12.8. The quantitative estimate of drug-likeness (QED) is 0.646. The van der Waals surface area contributed by atoms with Crippen molar-refractivity contribution in [2.75, 3.05) is 6.61 Å². The van der Waals surface area contributed by atoms with Crippen LogP contribution in [0, 0.1) is 18.2 Å². The van der Waals surface area contributed by atoms with Crippen LogP contribution in [-0.4, -0.2) is 16.3 Å². The summed E-state index contributed by atoms with van der Waals surface area (Å²) in [6.45, 7) is 7.92. The van der Waals surface area contributed by atoms with Gasteiger partial charge in [-0.2, -0.15) is 0 Å². The van der Waals surface area contributed by atoms with Crippen LogP contribution in [0.25, 0.3) is 10.9 Å². The fourth-order valence-corrected chi connectivity index (χ4v) is 3.79. The first-order valence-electron chi connectivity index (χ1n) is 9.31. The molecule has 28 heavy (non-hydrogen) atoms. The Balaban J connectivity index is 2.15. The maximum absolute atomic E-state index is 14.3. The lowest BCUT2D eigenvalue weighted by Crippen LogP contribution is -2.29. The molecule has 0 fully saturated rings. The summed E-state index contributed by atoms with van der Waals surface area (Å²) in [5.41, 5.74) is 2.46. The van der Waals surface area contributed by atoms with E-state index in [1.807, 2.05) is 29.0 Å². The van der Waals surface area contributed by atoms with E-state index >= 15 is 0 Å². The lowest BCUT2D eigenvalue weighted by molar-refractivity contribution is 0.140. The number of aryl methyl sites for hydroxylation is 1. The van der Waals surface area contributed by atoms with Crippen molar-refractivity contribution in [1.29, 1.82) is 0 Å². The summed E-state index contributed by atoms with van der Waals surface area (Å²) < 4.78 is 16.2. The van der Waals surface area contributed by atoms with E-state index in [9.17, 15) is 14.3 Å². The van der Waals surface area contributed by atoms with Crippen molar-refractivity contribution >= 4 is 22.5 Å². The van der Waals surface area contributed by atoms with Gasteiger partial charge in [0.25, 0.3) is 0 Å². The fraction of sp³-hybridized carbons (Fsp3) is 0.348. The average Bonchev–Trinajstić information content (AvgIpc) is 2.62. The average molecular weight is 402 g/mol. The van der Waals surface area contributed by atoms with Crippen molar-refractivity contribution in [2.24, 2.45) is 5.41 Å². The van der Waals surface area contributed by atoms with Gasteiger partial charge in [-0.1, -0.05) is 50.6 Å². The molecule has 0 saturated heterocycles. The third-order valence-electron chi connectivity index (χ3n) is 5.21. The van der Waals surface area contributed by atoms with Crippen molar-refractivity contribution in [3.63, 3.8) is 0 Å². The highest BCUT2D eigenvalue weighted by atomic mass is 35.5. The van der Waals surface area contributed by atoms with Gasteiger partial charge in [-0.25, -0.2) is 4.39 Å². The van der Waals surface area contributed by atoms with E-state index in [0.717, 1.165) is 11.1 Å². The molecule has 0 aliphatic heterocycles. The zero-order valence-electron chi connectivity index (χ0n) is 16.6. The molecule has 0 saturated carbocycles. The molecule has 0 unspecified atom stereocenters. The lowest BCUT2D eigenvalue weighted by atomic mass is 9.86. The van der Waals surface area contributed by atoms with Gasteiger partial charge in [-0.15, -0.1) is 0 Å². The highest BCUT2D eigenvalue weighted by molar-refractivity contribution is 6.30. The Kier molecular flexibility index (Phi) is 5.64. The summed E-state index contributed by atoms with van der Waals surface area (Å²) >= 11 is 5.88. The molecule has 148 valence electrons. The van der Waals surface area contributed by atoms with Crippen LogP contribution < -0.4 is 5.43 Å². The minimum absolute atomic E-state index is 0.0314. The van der Waals surface area contributed by atoms with Crippen molar-refractivity contribution in [2.45, 2.75) is 40.2 Å². The monoisotopic (exact) mass is 401 g/mol. The molecule has 0 radical (unpaired) electrons. The number of benzene rings is 2. The summed E-state index contributed by atoms with van der Waals surface area (Å²) in [6, 6.07) is 10.3. The smallest absolute Gasteiger partial charge is 0.192 e. The van der Waals surface area contributed by atoms with Gasteiger partial charge in [0.15, 0.2) is 5.43 Å². The molecular formula is C23H25ClFNO2. The van der Waals surface area contributed by atoms with Gasteiger partial charge in [-0.05, 0) is 41.7 Å². The van der Waals surface area contributed by atoms with Crippen LogP contribution in [0.15, 0.2) is 47.4 Å². The molecule has 0 aliphatic rings. The van der Waals surface area contributed by atoms with Crippen LogP contribution in [0.1, 0.15) is 43.5 Å². The number of aliphatic hydroxyl groups excluding tert-OH is 1. The van der Waals surface area contributed by atoms with E-state index in [1.54, 1.807) is 19.1 Å². The first-order chi connectivity index (χ1) is 13.1. The standard InChI is InChI=1S/C23H25ClFNO2/c1-14-12-26(20(13-27)23(2,3)4)19-9-8-15(11-17(19)22(14)28)10-16-6-5-7-18(24)21(16)25/h5-9,11-12,20,27H,10,13H2,1-4H3/t20-/m1/s1. The molecule has 0 spiro atoms. The van der Waals surface area contributed by atoms with Crippen LogP contribution in [0.5, 0.6) is 0 Å². The minimum Gasteiger partial charge on any atom is -0.394 e. The summed E-state index contributed by atoms with van der Waals surface area (Å²) in [6.07, 6.45) is 2.16. The van der Waals surface area contributed by atoms with E-state index in [-0.39, 0.29) is 28.5 Å². The van der Waals surface area contributed by atoms with Crippen LogP contribution in [0.2, 0.25) is 5.02 Å². The van der Waals surface area contributed by atoms with Gasteiger partial charge >= 0.3 is 0 Å². The molecule has 3 nitrogen and oxygen atoms in total. The Morgan fingerprint density at radius 1 is 1.21 bits per heavy atom. The SMILES string of the molecule is Cc1cn([C@H](CO)C(C)(C)C)c2ccc(Cc3cccc(Cl)c3F)cc2c1=O. The number of rotatable bonds is 4. The molecule has 0 aliphatic carbocycles. The summed E-state index contributed by atoms with van der Waals surface area (Å²) in [5, 5.41) is 10.6.